The van der Waals surface area contributed by atoms with Crippen molar-refractivity contribution < 1.29 is 23.1 Å². The van der Waals surface area contributed by atoms with Crippen LogP contribution in [0.15, 0.2) is 29.2 Å². The number of carbonyl (C=O) groups is 1. The summed E-state index contributed by atoms with van der Waals surface area (Å²) in [7, 11) is -3.65. The fraction of sp³-hybridized carbons (Fsp3) is 0.562. The van der Waals surface area contributed by atoms with E-state index in [4.69, 9.17) is 4.74 Å². The summed E-state index contributed by atoms with van der Waals surface area (Å²) in [5, 5.41) is 9.39. The Morgan fingerprint density at radius 2 is 1.87 bits per heavy atom. The van der Waals surface area contributed by atoms with Crippen molar-refractivity contribution in [3.63, 3.8) is 0 Å². The lowest BCUT2D eigenvalue weighted by molar-refractivity contribution is -0.140. The van der Waals surface area contributed by atoms with E-state index in [1.807, 2.05) is 13.8 Å². The molecule has 3 rings (SSSR count). The van der Waals surface area contributed by atoms with Gasteiger partial charge >= 0.3 is 5.97 Å². The van der Waals surface area contributed by atoms with Crippen molar-refractivity contribution in [3.8, 4) is 0 Å². The smallest absolute Gasteiger partial charge is 0.314 e. The Labute approximate surface area is 136 Å². The van der Waals surface area contributed by atoms with Crippen LogP contribution in [0.25, 0.3) is 0 Å². The average Bonchev–Trinajstić information content (AvgIpc) is 3.28. The molecule has 2 fully saturated rings. The van der Waals surface area contributed by atoms with Gasteiger partial charge in [-0.1, -0.05) is 12.1 Å². The molecule has 0 bridgehead atoms. The predicted molar refractivity (Wildman–Crippen MR) is 83.8 cm³/mol. The highest BCUT2D eigenvalue weighted by molar-refractivity contribution is 7.89. The summed E-state index contributed by atoms with van der Waals surface area (Å²) in [5.74, 6) is -0.888. The largest absolute Gasteiger partial charge is 0.481 e. The van der Waals surface area contributed by atoms with Crippen LogP contribution >= 0.6 is 0 Å². The number of carboxylic acid groups (broad SMARTS) is 1. The molecule has 1 aliphatic carbocycles. The van der Waals surface area contributed by atoms with Gasteiger partial charge < -0.3 is 9.84 Å². The molecule has 0 unspecified atom stereocenters. The van der Waals surface area contributed by atoms with E-state index in [0.29, 0.717) is 31.5 Å². The Hall–Kier alpha value is -1.44. The van der Waals surface area contributed by atoms with Gasteiger partial charge in [0, 0.05) is 13.1 Å². The van der Waals surface area contributed by atoms with Crippen LogP contribution in [0.2, 0.25) is 0 Å². The number of sulfonamides is 1. The third-order valence-electron chi connectivity index (χ3n) is 4.57. The standard InChI is InChI=1S/C16H21NO5S/c1-11-9-17(10-12(2)22-11)23(20,21)14-5-3-4-13(8-14)16(6-7-16)15(18)19/h3-5,8,11-12H,6-7,9-10H2,1-2H3,(H,18,19)/t11-,12-/m1/s1. The highest BCUT2D eigenvalue weighted by atomic mass is 32.2. The van der Waals surface area contributed by atoms with Crippen molar-refractivity contribution >= 4 is 16.0 Å². The minimum atomic E-state index is -3.65. The van der Waals surface area contributed by atoms with Gasteiger partial charge in [-0.05, 0) is 44.4 Å². The molecule has 6 nitrogen and oxygen atoms in total. The molecule has 2 aliphatic rings. The summed E-state index contributed by atoms with van der Waals surface area (Å²) in [6.45, 7) is 4.30. The van der Waals surface area contributed by atoms with E-state index in [0.717, 1.165) is 0 Å². The van der Waals surface area contributed by atoms with E-state index in [2.05, 4.69) is 0 Å². The zero-order chi connectivity index (χ0) is 16.8. The van der Waals surface area contributed by atoms with Crippen molar-refractivity contribution in [2.75, 3.05) is 13.1 Å². The second-order valence-corrected chi connectivity index (χ2v) is 8.43. The summed E-state index contributed by atoms with van der Waals surface area (Å²) in [5.41, 5.74) is -0.336. The lowest BCUT2D eigenvalue weighted by Crippen LogP contribution is -2.48. The summed E-state index contributed by atoms with van der Waals surface area (Å²) < 4.78 is 32.7. The zero-order valence-electron chi connectivity index (χ0n) is 13.2. The third-order valence-corrected chi connectivity index (χ3v) is 6.40. The third kappa shape index (κ3) is 2.88. The highest BCUT2D eigenvalue weighted by Gasteiger charge is 2.52. The number of nitrogens with zero attached hydrogens (tertiary/aromatic N) is 1. The number of ether oxygens (including phenoxy) is 1. The molecule has 1 aromatic carbocycles. The molecule has 0 amide bonds. The Bertz CT molecular complexity index is 716. The summed E-state index contributed by atoms with van der Waals surface area (Å²) >= 11 is 0. The van der Waals surface area contributed by atoms with E-state index in [1.54, 1.807) is 12.1 Å². The quantitative estimate of drug-likeness (QED) is 0.901. The predicted octanol–water partition coefficient (Wildman–Crippen LogP) is 1.60. The molecule has 0 spiro atoms. The van der Waals surface area contributed by atoms with Crippen LogP contribution < -0.4 is 0 Å². The Kier molecular flexibility index (Phi) is 3.98. The van der Waals surface area contributed by atoms with Gasteiger partial charge in [-0.25, -0.2) is 8.42 Å². The van der Waals surface area contributed by atoms with Gasteiger partial charge in [-0.15, -0.1) is 0 Å². The van der Waals surface area contributed by atoms with Gasteiger partial charge in [0.1, 0.15) is 0 Å². The van der Waals surface area contributed by atoms with Crippen LogP contribution in [0.4, 0.5) is 0 Å². The number of aliphatic carboxylic acids is 1. The van der Waals surface area contributed by atoms with Gasteiger partial charge in [0.15, 0.2) is 0 Å². The van der Waals surface area contributed by atoms with E-state index in [9.17, 15) is 18.3 Å². The first-order valence-electron chi connectivity index (χ1n) is 7.75. The molecule has 1 saturated carbocycles. The number of morpholine rings is 1. The molecule has 1 aliphatic heterocycles. The minimum absolute atomic E-state index is 0.156. The van der Waals surface area contributed by atoms with E-state index in [-0.39, 0.29) is 17.1 Å². The zero-order valence-corrected chi connectivity index (χ0v) is 14.0. The van der Waals surface area contributed by atoms with E-state index in [1.165, 1.54) is 16.4 Å². The number of hydrogen-bond donors (Lipinski definition) is 1. The average molecular weight is 339 g/mol. The van der Waals surface area contributed by atoms with E-state index >= 15 is 0 Å². The minimum Gasteiger partial charge on any atom is -0.481 e. The first-order chi connectivity index (χ1) is 10.8. The monoisotopic (exact) mass is 339 g/mol. The maximum atomic E-state index is 12.9. The first kappa shape index (κ1) is 16.4. The molecule has 2 atom stereocenters. The maximum absolute atomic E-state index is 12.9. The molecular formula is C16H21NO5S. The lowest BCUT2D eigenvalue weighted by Gasteiger charge is -2.34. The van der Waals surface area contributed by atoms with Crippen LogP contribution in [-0.2, 0) is 25.0 Å². The fourth-order valence-corrected chi connectivity index (χ4v) is 4.82. The van der Waals surface area contributed by atoms with Gasteiger partial charge in [-0.3, -0.25) is 4.79 Å². The topological polar surface area (TPSA) is 83.9 Å². The number of rotatable bonds is 4. The Morgan fingerprint density at radius 1 is 1.26 bits per heavy atom. The van der Waals surface area contributed by atoms with Gasteiger partial charge in [-0.2, -0.15) is 4.31 Å². The second kappa shape index (κ2) is 5.58. The molecule has 126 valence electrons. The summed E-state index contributed by atoms with van der Waals surface area (Å²) in [4.78, 5) is 11.6. The normalized spacial score (nSPS) is 27.6. The summed E-state index contributed by atoms with van der Waals surface area (Å²) in [6, 6.07) is 6.37. The molecule has 0 aromatic heterocycles. The number of carboxylic acids is 1. The van der Waals surface area contributed by atoms with Crippen molar-refractivity contribution in [1.82, 2.24) is 4.31 Å². The van der Waals surface area contributed by atoms with Crippen LogP contribution in [0.5, 0.6) is 0 Å². The molecule has 1 heterocycles. The Balaban J connectivity index is 1.93. The molecule has 1 aromatic rings. The molecule has 23 heavy (non-hydrogen) atoms. The van der Waals surface area contributed by atoms with Crippen molar-refractivity contribution in [2.24, 2.45) is 0 Å². The molecular weight excluding hydrogens is 318 g/mol. The first-order valence-corrected chi connectivity index (χ1v) is 9.19. The number of benzene rings is 1. The van der Waals surface area contributed by atoms with Crippen molar-refractivity contribution in [1.29, 1.82) is 0 Å². The van der Waals surface area contributed by atoms with Crippen molar-refractivity contribution in [2.45, 2.75) is 49.2 Å². The highest BCUT2D eigenvalue weighted by Crippen LogP contribution is 2.48. The lowest BCUT2D eigenvalue weighted by atomic mass is 9.96. The van der Waals surface area contributed by atoms with Crippen LogP contribution in [0.1, 0.15) is 32.3 Å². The SMILES string of the molecule is C[C@@H]1CN(S(=O)(=O)c2cccc(C3(C(=O)O)CC3)c2)C[C@@H](C)O1. The van der Waals surface area contributed by atoms with Crippen molar-refractivity contribution in [3.05, 3.63) is 29.8 Å². The maximum Gasteiger partial charge on any atom is 0.314 e. The van der Waals surface area contributed by atoms with Gasteiger partial charge in [0.25, 0.3) is 0 Å². The van der Waals surface area contributed by atoms with Crippen LogP contribution in [0.3, 0.4) is 0 Å². The van der Waals surface area contributed by atoms with Gasteiger partial charge in [0.2, 0.25) is 10.0 Å². The molecule has 1 N–H and O–H groups in total. The molecule has 0 radical (unpaired) electrons. The second-order valence-electron chi connectivity index (χ2n) is 6.49. The summed E-state index contributed by atoms with van der Waals surface area (Å²) in [6.07, 6.45) is 0.783. The Morgan fingerprint density at radius 3 is 2.39 bits per heavy atom. The van der Waals surface area contributed by atoms with Crippen LogP contribution in [0, 0.1) is 0 Å². The van der Waals surface area contributed by atoms with Crippen LogP contribution in [-0.4, -0.2) is 49.1 Å². The molecule has 1 saturated heterocycles. The molecule has 7 heteroatoms. The van der Waals surface area contributed by atoms with Gasteiger partial charge in [0.05, 0.1) is 22.5 Å². The van der Waals surface area contributed by atoms with E-state index < -0.39 is 21.4 Å². The fourth-order valence-electron chi connectivity index (χ4n) is 3.18. The number of hydrogen-bond acceptors (Lipinski definition) is 4.